The van der Waals surface area contributed by atoms with Gasteiger partial charge in [-0.05, 0) is 57.6 Å². The number of benzene rings is 1. The topological polar surface area (TPSA) is 83.8 Å². The van der Waals surface area contributed by atoms with Crippen LogP contribution in [0.15, 0.2) is 29.2 Å². The molecular weight excluding hydrogens is 304 g/mol. The zero-order valence-corrected chi connectivity index (χ0v) is 13.7. The molecule has 1 spiro atoms. The van der Waals surface area contributed by atoms with Crippen LogP contribution in [0.5, 0.6) is 0 Å². The van der Waals surface area contributed by atoms with Crippen LogP contribution in [0.2, 0.25) is 0 Å². The lowest BCUT2D eigenvalue weighted by atomic mass is 9.81. The molecule has 1 aromatic rings. The summed E-state index contributed by atoms with van der Waals surface area (Å²) in [7, 11) is -4.02. The Bertz CT molecular complexity index is 563. The van der Waals surface area contributed by atoms with Crippen LogP contribution in [-0.2, 0) is 14.9 Å². The molecule has 124 valence electrons. The molecule has 2 N–H and O–H groups in total. The van der Waals surface area contributed by atoms with Crippen molar-refractivity contribution in [3.63, 3.8) is 0 Å². The van der Waals surface area contributed by atoms with Crippen molar-refractivity contribution >= 4 is 10.1 Å². The summed E-state index contributed by atoms with van der Waals surface area (Å²) in [5, 5.41) is 9.30. The van der Waals surface area contributed by atoms with Crippen LogP contribution in [0.4, 0.5) is 0 Å². The molecule has 6 heteroatoms. The highest BCUT2D eigenvalue weighted by Crippen LogP contribution is 2.39. The van der Waals surface area contributed by atoms with Gasteiger partial charge in [-0.3, -0.25) is 4.55 Å². The Morgan fingerprint density at radius 1 is 1.14 bits per heavy atom. The first kappa shape index (κ1) is 17.4. The van der Waals surface area contributed by atoms with Crippen molar-refractivity contribution in [3.05, 3.63) is 29.8 Å². The highest BCUT2D eigenvalue weighted by molar-refractivity contribution is 7.85. The standard InChI is InChI=1S/C9H16O2.C7H8O3S/c10-8-2-5-9(6-3-8)4-1-7-11-9;1-6-2-4-7(5-3-6)11(8,9)10/h8,10H,1-7H2;2-5H,1H3,(H,8,9,10). The van der Waals surface area contributed by atoms with Gasteiger partial charge in [0, 0.05) is 6.61 Å². The van der Waals surface area contributed by atoms with Gasteiger partial charge < -0.3 is 9.84 Å². The molecule has 5 nitrogen and oxygen atoms in total. The molecule has 1 aliphatic carbocycles. The van der Waals surface area contributed by atoms with Crippen LogP contribution < -0.4 is 0 Å². The summed E-state index contributed by atoms with van der Waals surface area (Å²) in [5.41, 5.74) is 1.15. The van der Waals surface area contributed by atoms with Crippen LogP contribution in [0.3, 0.4) is 0 Å². The van der Waals surface area contributed by atoms with Crippen molar-refractivity contribution in [2.24, 2.45) is 0 Å². The molecular formula is C16H24O5S. The number of aryl methyl sites for hydroxylation is 1. The summed E-state index contributed by atoms with van der Waals surface area (Å²) in [5.74, 6) is 0. The van der Waals surface area contributed by atoms with Crippen molar-refractivity contribution < 1.29 is 22.8 Å². The van der Waals surface area contributed by atoms with Gasteiger partial charge in [-0.25, -0.2) is 0 Å². The molecule has 0 amide bonds. The third-order valence-electron chi connectivity index (χ3n) is 4.37. The molecule has 22 heavy (non-hydrogen) atoms. The monoisotopic (exact) mass is 328 g/mol. The lowest BCUT2D eigenvalue weighted by Crippen LogP contribution is -2.34. The Hall–Kier alpha value is -0.950. The molecule has 0 aromatic heterocycles. The second-order valence-corrected chi connectivity index (χ2v) is 7.58. The first-order valence-electron chi connectivity index (χ1n) is 7.67. The number of rotatable bonds is 1. The lowest BCUT2D eigenvalue weighted by molar-refractivity contribution is -0.0508. The van der Waals surface area contributed by atoms with Gasteiger partial charge in [0.25, 0.3) is 10.1 Å². The summed E-state index contributed by atoms with van der Waals surface area (Å²) >= 11 is 0. The summed E-state index contributed by atoms with van der Waals surface area (Å²) < 4.78 is 35.3. The Morgan fingerprint density at radius 3 is 2.18 bits per heavy atom. The molecule has 1 saturated carbocycles. The highest BCUT2D eigenvalue weighted by Gasteiger charge is 2.38. The lowest BCUT2D eigenvalue weighted by Gasteiger charge is -2.34. The molecule has 1 aliphatic heterocycles. The number of aliphatic hydroxyl groups excluding tert-OH is 1. The van der Waals surface area contributed by atoms with Crippen molar-refractivity contribution in [2.75, 3.05) is 6.61 Å². The predicted octanol–water partition coefficient (Wildman–Crippen LogP) is 2.71. The Labute approximate surface area is 132 Å². The maximum Gasteiger partial charge on any atom is 0.294 e. The minimum Gasteiger partial charge on any atom is -0.393 e. The minimum atomic E-state index is -4.02. The highest BCUT2D eigenvalue weighted by atomic mass is 32.2. The molecule has 1 saturated heterocycles. The Kier molecular flexibility index (Phi) is 5.60. The average Bonchev–Trinajstić information content (AvgIpc) is 2.91. The largest absolute Gasteiger partial charge is 0.393 e. The number of ether oxygens (including phenoxy) is 1. The van der Waals surface area contributed by atoms with E-state index in [1.165, 1.54) is 25.0 Å². The molecule has 1 aromatic carbocycles. The smallest absolute Gasteiger partial charge is 0.294 e. The van der Waals surface area contributed by atoms with Crippen molar-refractivity contribution in [1.29, 1.82) is 0 Å². The van der Waals surface area contributed by atoms with Crippen LogP contribution in [0.25, 0.3) is 0 Å². The molecule has 1 heterocycles. The molecule has 3 rings (SSSR count). The van der Waals surface area contributed by atoms with Crippen LogP contribution in [0.1, 0.15) is 44.1 Å². The van der Waals surface area contributed by atoms with Crippen molar-refractivity contribution in [3.8, 4) is 0 Å². The maximum atomic E-state index is 10.5. The first-order valence-corrected chi connectivity index (χ1v) is 9.11. The van der Waals surface area contributed by atoms with E-state index >= 15 is 0 Å². The van der Waals surface area contributed by atoms with E-state index in [0.29, 0.717) is 0 Å². The predicted molar refractivity (Wildman–Crippen MR) is 83.4 cm³/mol. The molecule has 2 fully saturated rings. The molecule has 0 radical (unpaired) electrons. The SMILES string of the molecule is Cc1ccc(S(=O)(=O)O)cc1.OC1CCC2(CCCO2)CC1. The van der Waals surface area contributed by atoms with Gasteiger partial charge in [-0.2, -0.15) is 8.42 Å². The Morgan fingerprint density at radius 2 is 1.73 bits per heavy atom. The fraction of sp³-hybridized carbons (Fsp3) is 0.625. The van der Waals surface area contributed by atoms with E-state index in [0.717, 1.165) is 37.9 Å². The van der Waals surface area contributed by atoms with E-state index < -0.39 is 10.1 Å². The zero-order chi connectivity index (χ0) is 16.2. The van der Waals surface area contributed by atoms with Crippen LogP contribution in [-0.4, -0.2) is 36.4 Å². The van der Waals surface area contributed by atoms with Gasteiger partial charge in [0.05, 0.1) is 16.6 Å². The number of aliphatic hydroxyl groups is 1. The summed E-state index contributed by atoms with van der Waals surface area (Å²) in [6, 6.07) is 5.99. The molecule has 0 atom stereocenters. The van der Waals surface area contributed by atoms with Crippen molar-refractivity contribution in [1.82, 2.24) is 0 Å². The number of hydrogen-bond donors (Lipinski definition) is 2. The van der Waals surface area contributed by atoms with Crippen molar-refractivity contribution in [2.45, 2.75) is 62.0 Å². The Balaban J connectivity index is 0.000000160. The van der Waals surface area contributed by atoms with E-state index in [-0.39, 0.29) is 16.6 Å². The average molecular weight is 328 g/mol. The summed E-state index contributed by atoms with van der Waals surface area (Å²) in [6.07, 6.45) is 6.43. The summed E-state index contributed by atoms with van der Waals surface area (Å²) in [6.45, 7) is 2.78. The van der Waals surface area contributed by atoms with E-state index in [1.807, 2.05) is 6.92 Å². The van der Waals surface area contributed by atoms with Crippen LogP contribution in [0, 0.1) is 6.92 Å². The van der Waals surface area contributed by atoms with Gasteiger partial charge in [0.15, 0.2) is 0 Å². The third kappa shape index (κ3) is 4.78. The second kappa shape index (κ2) is 7.08. The number of hydrogen-bond acceptors (Lipinski definition) is 4. The van der Waals surface area contributed by atoms with E-state index in [9.17, 15) is 13.5 Å². The van der Waals surface area contributed by atoms with E-state index in [1.54, 1.807) is 12.1 Å². The quantitative estimate of drug-likeness (QED) is 0.774. The van der Waals surface area contributed by atoms with Gasteiger partial charge in [0.1, 0.15) is 0 Å². The third-order valence-corrected chi connectivity index (χ3v) is 5.24. The maximum absolute atomic E-state index is 10.5. The molecule has 0 bridgehead atoms. The van der Waals surface area contributed by atoms with E-state index in [4.69, 9.17) is 9.29 Å². The van der Waals surface area contributed by atoms with Gasteiger partial charge in [0.2, 0.25) is 0 Å². The molecule has 2 aliphatic rings. The van der Waals surface area contributed by atoms with E-state index in [2.05, 4.69) is 0 Å². The first-order chi connectivity index (χ1) is 10.3. The van der Waals surface area contributed by atoms with Gasteiger partial charge >= 0.3 is 0 Å². The summed E-state index contributed by atoms with van der Waals surface area (Å²) in [4.78, 5) is -0.0666. The zero-order valence-electron chi connectivity index (χ0n) is 12.9. The molecule has 0 unspecified atom stereocenters. The fourth-order valence-electron chi connectivity index (χ4n) is 2.99. The van der Waals surface area contributed by atoms with Gasteiger partial charge in [-0.15, -0.1) is 0 Å². The minimum absolute atomic E-state index is 0.0511. The van der Waals surface area contributed by atoms with Crippen LogP contribution >= 0.6 is 0 Å². The fourth-order valence-corrected chi connectivity index (χ4v) is 3.47. The van der Waals surface area contributed by atoms with Gasteiger partial charge in [-0.1, -0.05) is 17.7 Å². The second-order valence-electron chi connectivity index (χ2n) is 6.15. The normalized spacial score (nSPS) is 28.2.